The van der Waals surface area contributed by atoms with Gasteiger partial charge in [-0.2, -0.15) is 0 Å². The predicted octanol–water partition coefficient (Wildman–Crippen LogP) is 2.71. The highest BCUT2D eigenvalue weighted by Gasteiger charge is 2.37. The summed E-state index contributed by atoms with van der Waals surface area (Å²) in [5.74, 6) is -1.48. The number of likely N-dealkylation sites (tertiary alicyclic amines) is 1. The number of unbranched alkanes of at least 4 members (excludes halogenated alkanes) is 1. The highest BCUT2D eigenvalue weighted by molar-refractivity contribution is 6.31. The van der Waals surface area contributed by atoms with E-state index in [9.17, 15) is 19.5 Å². The first-order chi connectivity index (χ1) is 12.9. The molecule has 0 aromatic heterocycles. The van der Waals surface area contributed by atoms with Gasteiger partial charge >= 0.3 is 5.97 Å². The molecule has 0 radical (unpaired) electrons. The molecule has 1 fully saturated rings. The lowest BCUT2D eigenvalue weighted by Gasteiger charge is -2.26. The average molecular weight is 397 g/mol. The number of carboxylic acids is 1. The third-order valence-corrected chi connectivity index (χ3v) is 4.90. The van der Waals surface area contributed by atoms with Gasteiger partial charge in [0, 0.05) is 11.6 Å². The number of carbonyl (C=O) groups is 3. The second-order valence-corrected chi connectivity index (χ2v) is 6.98. The van der Waals surface area contributed by atoms with Gasteiger partial charge in [0.2, 0.25) is 5.91 Å². The standard InChI is InChI=1S/C19H25ClN2O5/c1-3-4-6-14(19(25)26)21-17(23)15-7-5-10-22(15)18(24)13-11-12(20)8-9-16(13)27-2/h8-9,11,14-15H,3-7,10H2,1-2H3,(H,21,23)(H,25,26)/t14-,15?/m0/s1. The molecule has 0 bridgehead atoms. The van der Waals surface area contributed by atoms with Gasteiger partial charge in [-0.15, -0.1) is 0 Å². The fourth-order valence-corrected chi connectivity index (χ4v) is 3.39. The van der Waals surface area contributed by atoms with E-state index < -0.39 is 24.0 Å². The van der Waals surface area contributed by atoms with E-state index in [4.69, 9.17) is 16.3 Å². The van der Waals surface area contributed by atoms with Gasteiger partial charge in [-0.1, -0.05) is 31.4 Å². The molecule has 7 nitrogen and oxygen atoms in total. The number of aliphatic carboxylic acids is 1. The normalized spacial score (nSPS) is 17.4. The predicted molar refractivity (Wildman–Crippen MR) is 101 cm³/mol. The molecule has 0 aliphatic carbocycles. The molecular formula is C19H25ClN2O5. The van der Waals surface area contributed by atoms with Crippen LogP contribution in [0, 0.1) is 0 Å². The summed E-state index contributed by atoms with van der Waals surface area (Å²) < 4.78 is 5.23. The molecule has 1 aliphatic heterocycles. The van der Waals surface area contributed by atoms with Crippen molar-refractivity contribution in [3.8, 4) is 5.75 Å². The van der Waals surface area contributed by atoms with E-state index in [0.717, 1.165) is 6.42 Å². The van der Waals surface area contributed by atoms with Crippen LogP contribution in [0.4, 0.5) is 0 Å². The van der Waals surface area contributed by atoms with Crippen LogP contribution in [0.5, 0.6) is 5.75 Å². The van der Waals surface area contributed by atoms with E-state index >= 15 is 0 Å². The molecule has 27 heavy (non-hydrogen) atoms. The van der Waals surface area contributed by atoms with Crippen molar-refractivity contribution in [1.82, 2.24) is 10.2 Å². The van der Waals surface area contributed by atoms with Crippen molar-refractivity contribution in [3.05, 3.63) is 28.8 Å². The smallest absolute Gasteiger partial charge is 0.326 e. The summed E-state index contributed by atoms with van der Waals surface area (Å²) in [4.78, 5) is 38.5. The summed E-state index contributed by atoms with van der Waals surface area (Å²) in [6.07, 6.45) is 3.05. The van der Waals surface area contributed by atoms with Crippen molar-refractivity contribution in [2.75, 3.05) is 13.7 Å². The maximum absolute atomic E-state index is 13.0. The van der Waals surface area contributed by atoms with Crippen LogP contribution in [0.25, 0.3) is 0 Å². The van der Waals surface area contributed by atoms with Crippen LogP contribution in [0.2, 0.25) is 5.02 Å². The van der Waals surface area contributed by atoms with Crippen LogP contribution in [-0.2, 0) is 9.59 Å². The number of benzene rings is 1. The number of carboxylic acid groups (broad SMARTS) is 1. The third kappa shape index (κ3) is 5.13. The first-order valence-corrected chi connectivity index (χ1v) is 9.44. The summed E-state index contributed by atoms with van der Waals surface area (Å²) in [5, 5.41) is 12.3. The average Bonchev–Trinajstić information content (AvgIpc) is 3.14. The minimum Gasteiger partial charge on any atom is -0.496 e. The van der Waals surface area contributed by atoms with Crippen LogP contribution >= 0.6 is 11.6 Å². The van der Waals surface area contributed by atoms with Crippen LogP contribution in [-0.4, -0.2) is 53.5 Å². The topological polar surface area (TPSA) is 95.9 Å². The molecule has 2 atom stereocenters. The monoisotopic (exact) mass is 396 g/mol. The molecular weight excluding hydrogens is 372 g/mol. The van der Waals surface area contributed by atoms with E-state index in [1.54, 1.807) is 12.1 Å². The number of rotatable bonds is 8. The Hall–Kier alpha value is -2.28. The quantitative estimate of drug-likeness (QED) is 0.704. The van der Waals surface area contributed by atoms with Crippen molar-refractivity contribution in [1.29, 1.82) is 0 Å². The van der Waals surface area contributed by atoms with E-state index in [1.165, 1.54) is 18.1 Å². The number of halogens is 1. The molecule has 1 aliphatic rings. The van der Waals surface area contributed by atoms with Crippen molar-refractivity contribution in [2.45, 2.75) is 51.1 Å². The molecule has 1 aromatic carbocycles. The molecule has 2 amide bonds. The lowest BCUT2D eigenvalue weighted by molar-refractivity contribution is -0.142. The maximum atomic E-state index is 13.0. The Morgan fingerprint density at radius 2 is 2.15 bits per heavy atom. The van der Waals surface area contributed by atoms with Crippen molar-refractivity contribution in [2.24, 2.45) is 0 Å². The number of hydrogen-bond donors (Lipinski definition) is 2. The van der Waals surface area contributed by atoms with E-state index in [2.05, 4.69) is 5.32 Å². The lowest BCUT2D eigenvalue weighted by atomic mass is 10.1. The molecule has 1 heterocycles. The Morgan fingerprint density at radius 3 is 2.78 bits per heavy atom. The number of methoxy groups -OCH3 is 1. The van der Waals surface area contributed by atoms with Gasteiger partial charge in [0.05, 0.1) is 12.7 Å². The molecule has 8 heteroatoms. The van der Waals surface area contributed by atoms with Crippen LogP contribution < -0.4 is 10.1 Å². The van der Waals surface area contributed by atoms with Crippen LogP contribution in [0.1, 0.15) is 49.4 Å². The summed E-state index contributed by atoms with van der Waals surface area (Å²) >= 11 is 6.00. The highest BCUT2D eigenvalue weighted by atomic mass is 35.5. The summed E-state index contributed by atoms with van der Waals surface area (Å²) in [6, 6.07) is 3.08. The molecule has 0 saturated carbocycles. The molecule has 2 N–H and O–H groups in total. The van der Waals surface area contributed by atoms with Crippen molar-refractivity contribution in [3.63, 3.8) is 0 Å². The third-order valence-electron chi connectivity index (χ3n) is 4.67. The van der Waals surface area contributed by atoms with E-state index in [-0.39, 0.29) is 11.5 Å². The number of hydrogen-bond acceptors (Lipinski definition) is 4. The zero-order chi connectivity index (χ0) is 20.0. The first kappa shape index (κ1) is 21.0. The molecule has 1 aromatic rings. The number of ether oxygens (including phenoxy) is 1. The summed E-state index contributed by atoms with van der Waals surface area (Å²) in [6.45, 7) is 2.37. The van der Waals surface area contributed by atoms with Crippen molar-refractivity contribution < 1.29 is 24.2 Å². The fraction of sp³-hybridized carbons (Fsp3) is 0.526. The summed E-state index contributed by atoms with van der Waals surface area (Å²) in [7, 11) is 1.46. The zero-order valence-electron chi connectivity index (χ0n) is 15.5. The molecule has 1 saturated heterocycles. The molecule has 0 spiro atoms. The van der Waals surface area contributed by atoms with Crippen molar-refractivity contribution >= 4 is 29.4 Å². The van der Waals surface area contributed by atoms with Gasteiger partial charge in [0.25, 0.3) is 5.91 Å². The van der Waals surface area contributed by atoms with Gasteiger partial charge in [-0.25, -0.2) is 4.79 Å². The Labute approximate surface area is 163 Å². The van der Waals surface area contributed by atoms with Gasteiger partial charge < -0.3 is 20.1 Å². The molecule has 148 valence electrons. The Bertz CT molecular complexity index is 709. The van der Waals surface area contributed by atoms with Gasteiger partial charge in [0.1, 0.15) is 17.8 Å². The largest absolute Gasteiger partial charge is 0.496 e. The number of amides is 2. The SMILES string of the molecule is CCCC[C@H](NC(=O)C1CCCN1C(=O)c1cc(Cl)ccc1OC)C(=O)O. The van der Waals surface area contributed by atoms with E-state index in [0.29, 0.717) is 43.0 Å². The number of nitrogens with zero attached hydrogens (tertiary/aromatic N) is 1. The molecule has 2 rings (SSSR count). The Morgan fingerprint density at radius 1 is 1.41 bits per heavy atom. The Balaban J connectivity index is 2.16. The van der Waals surface area contributed by atoms with Crippen LogP contribution in [0.15, 0.2) is 18.2 Å². The fourth-order valence-electron chi connectivity index (χ4n) is 3.22. The Kier molecular flexibility index (Phi) is 7.47. The summed E-state index contributed by atoms with van der Waals surface area (Å²) in [5.41, 5.74) is 0.283. The van der Waals surface area contributed by atoms with Crippen LogP contribution in [0.3, 0.4) is 0 Å². The first-order valence-electron chi connectivity index (χ1n) is 9.06. The lowest BCUT2D eigenvalue weighted by Crippen LogP contribution is -2.50. The minimum absolute atomic E-state index is 0.283. The maximum Gasteiger partial charge on any atom is 0.326 e. The highest BCUT2D eigenvalue weighted by Crippen LogP contribution is 2.27. The zero-order valence-corrected chi connectivity index (χ0v) is 16.3. The van der Waals surface area contributed by atoms with Gasteiger partial charge in [-0.05, 0) is 37.5 Å². The minimum atomic E-state index is -1.07. The second-order valence-electron chi connectivity index (χ2n) is 6.54. The van der Waals surface area contributed by atoms with Gasteiger partial charge in [-0.3, -0.25) is 9.59 Å². The number of carbonyl (C=O) groups excluding carboxylic acids is 2. The number of nitrogens with one attached hydrogen (secondary N) is 1. The van der Waals surface area contributed by atoms with E-state index in [1.807, 2.05) is 6.92 Å². The molecule has 1 unspecified atom stereocenters. The van der Waals surface area contributed by atoms with Gasteiger partial charge in [0.15, 0.2) is 0 Å². The second kappa shape index (κ2) is 9.60.